The van der Waals surface area contributed by atoms with E-state index in [1.165, 1.54) is 11.3 Å². The predicted molar refractivity (Wildman–Crippen MR) is 62.6 cm³/mol. The van der Waals surface area contributed by atoms with Crippen molar-refractivity contribution in [2.45, 2.75) is 0 Å². The van der Waals surface area contributed by atoms with Gasteiger partial charge in [0, 0.05) is 24.3 Å². The van der Waals surface area contributed by atoms with Crippen LogP contribution < -0.4 is 5.32 Å². The summed E-state index contributed by atoms with van der Waals surface area (Å²) in [5.41, 5.74) is 0.311. The van der Waals surface area contributed by atoms with E-state index >= 15 is 0 Å². The Hall–Kier alpha value is -1.86. The molecule has 0 bridgehead atoms. The van der Waals surface area contributed by atoms with Crippen LogP contribution in [0.4, 0.5) is 0 Å². The van der Waals surface area contributed by atoms with Gasteiger partial charge in [0.25, 0.3) is 5.91 Å². The third kappa shape index (κ3) is 2.83. The van der Waals surface area contributed by atoms with E-state index in [-0.39, 0.29) is 19.1 Å². The molecule has 0 radical (unpaired) electrons. The fourth-order valence-corrected chi connectivity index (χ4v) is 1.90. The Morgan fingerprint density at radius 1 is 1.41 bits per heavy atom. The van der Waals surface area contributed by atoms with Crippen LogP contribution in [0.2, 0.25) is 0 Å². The van der Waals surface area contributed by atoms with Gasteiger partial charge < -0.3 is 10.4 Å². The fraction of sp³-hybridized carbons (Fsp3) is 0.200. The number of aliphatic hydroxyl groups is 1. The van der Waals surface area contributed by atoms with E-state index in [4.69, 9.17) is 5.11 Å². The highest BCUT2D eigenvalue weighted by atomic mass is 32.1. The summed E-state index contributed by atoms with van der Waals surface area (Å²) in [6, 6.07) is 1.71. The summed E-state index contributed by atoms with van der Waals surface area (Å²) in [4.78, 5) is 23.8. The van der Waals surface area contributed by atoms with E-state index in [0.29, 0.717) is 16.5 Å². The number of thiazole rings is 1. The summed E-state index contributed by atoms with van der Waals surface area (Å²) in [5, 5.41) is 13.4. The van der Waals surface area contributed by atoms with Crippen LogP contribution >= 0.6 is 11.3 Å². The van der Waals surface area contributed by atoms with E-state index in [1.54, 1.807) is 23.8 Å². The normalized spacial score (nSPS) is 10.2. The minimum Gasteiger partial charge on any atom is -0.395 e. The van der Waals surface area contributed by atoms with Crippen molar-refractivity contribution < 1.29 is 9.90 Å². The molecular formula is C10H10N4O2S. The molecule has 0 saturated heterocycles. The summed E-state index contributed by atoms with van der Waals surface area (Å²) < 4.78 is 0. The second-order valence-corrected chi connectivity index (χ2v) is 3.95. The number of carbonyl (C=O) groups excluding carboxylic acids is 1. The molecule has 2 aromatic rings. The van der Waals surface area contributed by atoms with Crippen LogP contribution in [0.25, 0.3) is 10.8 Å². The molecule has 2 aromatic heterocycles. The molecule has 2 N–H and O–H groups in total. The molecule has 17 heavy (non-hydrogen) atoms. The highest BCUT2D eigenvalue weighted by Gasteiger charge is 2.12. The number of amides is 1. The molecule has 1 amide bonds. The third-order valence-corrected chi connectivity index (χ3v) is 2.73. The van der Waals surface area contributed by atoms with E-state index in [2.05, 4.69) is 20.3 Å². The number of rotatable bonds is 4. The summed E-state index contributed by atoms with van der Waals surface area (Å²) in [6.45, 7) is 0.123. The molecule has 6 nitrogen and oxygen atoms in total. The van der Waals surface area contributed by atoms with Gasteiger partial charge in [0.05, 0.1) is 6.61 Å². The first-order chi connectivity index (χ1) is 8.31. The lowest BCUT2D eigenvalue weighted by Crippen LogP contribution is -2.26. The zero-order valence-electron chi connectivity index (χ0n) is 8.83. The molecule has 7 heteroatoms. The SMILES string of the molecule is O=C(NCCO)c1csc(-c2ncccn2)n1. The molecule has 0 aliphatic heterocycles. The van der Waals surface area contributed by atoms with Crippen molar-refractivity contribution in [2.75, 3.05) is 13.2 Å². The smallest absolute Gasteiger partial charge is 0.270 e. The predicted octanol–water partition coefficient (Wildman–Crippen LogP) is 0.322. The molecule has 0 fully saturated rings. The van der Waals surface area contributed by atoms with Crippen molar-refractivity contribution in [3.05, 3.63) is 29.5 Å². The Labute approximate surface area is 101 Å². The van der Waals surface area contributed by atoms with Gasteiger partial charge in [0.1, 0.15) is 5.69 Å². The van der Waals surface area contributed by atoms with Gasteiger partial charge in [-0.1, -0.05) is 0 Å². The number of nitrogens with zero attached hydrogens (tertiary/aromatic N) is 3. The Bertz CT molecular complexity index is 500. The van der Waals surface area contributed by atoms with Gasteiger partial charge >= 0.3 is 0 Å². The lowest BCUT2D eigenvalue weighted by Gasteiger charge is -1.98. The van der Waals surface area contributed by atoms with E-state index < -0.39 is 0 Å². The number of aliphatic hydroxyl groups excluding tert-OH is 1. The molecule has 0 aliphatic rings. The molecule has 2 rings (SSSR count). The minimum absolute atomic E-state index is 0.0927. The zero-order valence-corrected chi connectivity index (χ0v) is 9.65. The van der Waals surface area contributed by atoms with Crippen LogP contribution in [0.3, 0.4) is 0 Å². The Kier molecular flexibility index (Phi) is 3.73. The van der Waals surface area contributed by atoms with Gasteiger partial charge in [-0.25, -0.2) is 15.0 Å². The maximum absolute atomic E-state index is 11.5. The number of nitrogens with one attached hydrogen (secondary N) is 1. The number of carbonyl (C=O) groups is 1. The highest BCUT2D eigenvalue weighted by molar-refractivity contribution is 7.13. The van der Waals surface area contributed by atoms with Gasteiger partial charge in [0.2, 0.25) is 0 Å². The Balaban J connectivity index is 2.14. The van der Waals surface area contributed by atoms with Crippen molar-refractivity contribution in [1.82, 2.24) is 20.3 Å². The van der Waals surface area contributed by atoms with Crippen molar-refractivity contribution in [3.8, 4) is 10.8 Å². The van der Waals surface area contributed by atoms with Gasteiger partial charge in [-0.2, -0.15) is 0 Å². The van der Waals surface area contributed by atoms with Gasteiger partial charge in [-0.05, 0) is 6.07 Å². The molecule has 0 aliphatic carbocycles. The summed E-state index contributed by atoms with van der Waals surface area (Å²) in [7, 11) is 0. The largest absolute Gasteiger partial charge is 0.395 e. The number of hydrogen-bond donors (Lipinski definition) is 2. The van der Waals surface area contributed by atoms with Crippen LogP contribution in [-0.4, -0.2) is 39.1 Å². The molecule has 0 unspecified atom stereocenters. The lowest BCUT2D eigenvalue weighted by molar-refractivity contribution is 0.0940. The van der Waals surface area contributed by atoms with E-state index in [1.807, 2.05) is 0 Å². The average Bonchev–Trinajstić information content (AvgIpc) is 2.86. The van der Waals surface area contributed by atoms with Crippen LogP contribution in [0.1, 0.15) is 10.5 Å². The fourth-order valence-electron chi connectivity index (χ4n) is 1.15. The number of aromatic nitrogens is 3. The second-order valence-electron chi connectivity index (χ2n) is 3.09. The molecule has 0 spiro atoms. The van der Waals surface area contributed by atoms with Gasteiger partial charge in [-0.3, -0.25) is 4.79 Å². The maximum atomic E-state index is 11.5. The molecule has 88 valence electrons. The molecule has 0 atom stereocenters. The average molecular weight is 250 g/mol. The van der Waals surface area contributed by atoms with Crippen molar-refractivity contribution in [3.63, 3.8) is 0 Å². The second kappa shape index (κ2) is 5.46. The number of hydrogen-bond acceptors (Lipinski definition) is 6. The van der Waals surface area contributed by atoms with Crippen LogP contribution in [-0.2, 0) is 0 Å². The summed E-state index contributed by atoms with van der Waals surface area (Å²) >= 11 is 1.30. The Morgan fingerprint density at radius 2 is 2.18 bits per heavy atom. The van der Waals surface area contributed by atoms with Crippen molar-refractivity contribution in [2.24, 2.45) is 0 Å². The lowest BCUT2D eigenvalue weighted by atomic mass is 10.4. The third-order valence-electron chi connectivity index (χ3n) is 1.89. The zero-order chi connectivity index (χ0) is 12.1. The topological polar surface area (TPSA) is 88.0 Å². The maximum Gasteiger partial charge on any atom is 0.270 e. The van der Waals surface area contributed by atoms with Crippen LogP contribution in [0, 0.1) is 0 Å². The highest BCUT2D eigenvalue weighted by Crippen LogP contribution is 2.19. The molecule has 0 aromatic carbocycles. The first-order valence-electron chi connectivity index (χ1n) is 4.93. The van der Waals surface area contributed by atoms with E-state index in [0.717, 1.165) is 0 Å². The summed E-state index contributed by atoms with van der Waals surface area (Å²) in [5.74, 6) is 0.191. The quantitative estimate of drug-likeness (QED) is 0.816. The van der Waals surface area contributed by atoms with Crippen LogP contribution in [0.15, 0.2) is 23.8 Å². The standard InChI is InChI=1S/C10H10N4O2S/c15-5-4-13-9(16)7-6-17-10(14-7)8-11-2-1-3-12-8/h1-3,6,15H,4-5H2,(H,13,16). The van der Waals surface area contributed by atoms with Gasteiger partial charge in [-0.15, -0.1) is 11.3 Å². The van der Waals surface area contributed by atoms with Gasteiger partial charge in [0.15, 0.2) is 10.8 Å². The molecular weight excluding hydrogens is 240 g/mol. The monoisotopic (exact) mass is 250 g/mol. The molecule has 2 heterocycles. The first kappa shape index (κ1) is 11.6. The minimum atomic E-state index is -0.308. The van der Waals surface area contributed by atoms with Crippen molar-refractivity contribution >= 4 is 17.2 Å². The Morgan fingerprint density at radius 3 is 2.88 bits per heavy atom. The van der Waals surface area contributed by atoms with Crippen LogP contribution in [0.5, 0.6) is 0 Å². The summed E-state index contributed by atoms with van der Waals surface area (Å²) in [6.07, 6.45) is 3.24. The van der Waals surface area contributed by atoms with E-state index in [9.17, 15) is 4.79 Å². The van der Waals surface area contributed by atoms with Crippen molar-refractivity contribution in [1.29, 1.82) is 0 Å². The molecule has 0 saturated carbocycles. The first-order valence-corrected chi connectivity index (χ1v) is 5.81.